The van der Waals surface area contributed by atoms with Gasteiger partial charge in [-0.25, -0.2) is 9.59 Å². The molecule has 0 aromatic carbocycles. The monoisotopic (exact) mass is 277 g/mol. The van der Waals surface area contributed by atoms with Crippen LogP contribution in [0.25, 0.3) is 0 Å². The number of carboxylic acids is 3. The third kappa shape index (κ3) is 7.54. The van der Waals surface area contributed by atoms with Crippen LogP contribution in [0.1, 0.15) is 12.8 Å². The summed E-state index contributed by atoms with van der Waals surface area (Å²) in [5.74, 6) is -3.90. The fourth-order valence-electron chi connectivity index (χ4n) is 1.02. The molecule has 0 aliphatic heterocycles. The van der Waals surface area contributed by atoms with E-state index in [0.29, 0.717) is 0 Å². The molecule has 0 bridgehead atoms. The summed E-state index contributed by atoms with van der Waals surface area (Å²) >= 11 is 0. The van der Waals surface area contributed by atoms with E-state index in [1.54, 1.807) is 0 Å². The molecule has 0 aromatic rings. The standard InChI is InChI=1S/C9H15N3O7/c10-4(7(15)16)3-11-9(19)12-5(8(17)18)1-2-6(13)14/h4-5H,1-3,10H2,(H,13,14)(H,15,16)(H,17,18)(H2,11,12,19)/t4-,5+/m1/s1. The van der Waals surface area contributed by atoms with Crippen molar-refractivity contribution in [2.24, 2.45) is 5.73 Å². The van der Waals surface area contributed by atoms with Gasteiger partial charge >= 0.3 is 23.9 Å². The average molecular weight is 277 g/mol. The first-order valence-electron chi connectivity index (χ1n) is 5.21. The van der Waals surface area contributed by atoms with Crippen LogP contribution in [0.4, 0.5) is 4.79 Å². The maximum Gasteiger partial charge on any atom is 0.326 e. The number of nitrogens with two attached hydrogens (primary N) is 1. The summed E-state index contributed by atoms with van der Waals surface area (Å²) < 4.78 is 0. The summed E-state index contributed by atoms with van der Waals surface area (Å²) in [6.07, 6.45) is -0.713. The predicted octanol–water partition coefficient (Wildman–Crippen LogP) is -1.98. The van der Waals surface area contributed by atoms with Crippen LogP contribution in [0.5, 0.6) is 0 Å². The highest BCUT2D eigenvalue weighted by molar-refractivity contribution is 5.83. The van der Waals surface area contributed by atoms with E-state index < -0.39 is 42.4 Å². The van der Waals surface area contributed by atoms with Crippen molar-refractivity contribution >= 4 is 23.9 Å². The van der Waals surface area contributed by atoms with E-state index in [9.17, 15) is 19.2 Å². The lowest BCUT2D eigenvalue weighted by atomic mass is 10.1. The smallest absolute Gasteiger partial charge is 0.326 e. The molecular weight excluding hydrogens is 262 g/mol. The zero-order chi connectivity index (χ0) is 15.0. The Morgan fingerprint density at radius 2 is 1.63 bits per heavy atom. The first kappa shape index (κ1) is 16.6. The number of carboxylic acid groups (broad SMARTS) is 3. The molecule has 2 atom stereocenters. The van der Waals surface area contributed by atoms with Gasteiger partial charge in [-0.2, -0.15) is 0 Å². The second-order valence-corrected chi connectivity index (χ2v) is 3.62. The van der Waals surface area contributed by atoms with Crippen LogP contribution in [0.15, 0.2) is 0 Å². The van der Waals surface area contributed by atoms with E-state index in [-0.39, 0.29) is 13.0 Å². The van der Waals surface area contributed by atoms with Crippen LogP contribution in [-0.4, -0.2) is 57.9 Å². The Labute approximate surface area is 107 Å². The highest BCUT2D eigenvalue weighted by Gasteiger charge is 2.21. The number of carbonyl (C=O) groups is 4. The lowest BCUT2D eigenvalue weighted by molar-refractivity contribution is -0.141. The molecule has 19 heavy (non-hydrogen) atoms. The van der Waals surface area contributed by atoms with Gasteiger partial charge in [0.25, 0.3) is 0 Å². The second-order valence-electron chi connectivity index (χ2n) is 3.62. The fraction of sp³-hybridized carbons (Fsp3) is 0.556. The first-order chi connectivity index (χ1) is 8.73. The number of amides is 2. The van der Waals surface area contributed by atoms with Crippen molar-refractivity contribution in [3.63, 3.8) is 0 Å². The van der Waals surface area contributed by atoms with Gasteiger partial charge in [-0.15, -0.1) is 0 Å². The van der Waals surface area contributed by atoms with Crippen molar-refractivity contribution in [2.75, 3.05) is 6.54 Å². The highest BCUT2D eigenvalue weighted by Crippen LogP contribution is 1.97. The Bertz CT molecular complexity index is 371. The van der Waals surface area contributed by atoms with Gasteiger partial charge in [-0.05, 0) is 6.42 Å². The zero-order valence-corrected chi connectivity index (χ0v) is 9.83. The van der Waals surface area contributed by atoms with Crippen LogP contribution in [0.3, 0.4) is 0 Å². The molecule has 0 saturated carbocycles. The van der Waals surface area contributed by atoms with E-state index in [0.717, 1.165) is 0 Å². The summed E-state index contributed by atoms with van der Waals surface area (Å²) in [6, 6.07) is -3.63. The second kappa shape index (κ2) is 7.87. The SMILES string of the molecule is N[C@H](CNC(=O)N[C@@H](CCC(=O)O)C(=O)O)C(=O)O. The summed E-state index contributed by atoms with van der Waals surface area (Å²) in [5.41, 5.74) is 5.12. The molecule has 0 unspecified atom stereocenters. The minimum Gasteiger partial charge on any atom is -0.481 e. The van der Waals surface area contributed by atoms with Crippen LogP contribution < -0.4 is 16.4 Å². The molecule has 0 aliphatic carbocycles. The van der Waals surface area contributed by atoms with Gasteiger partial charge in [0.05, 0.1) is 0 Å². The Hall–Kier alpha value is -2.36. The number of urea groups is 1. The predicted molar refractivity (Wildman–Crippen MR) is 60.4 cm³/mol. The molecular formula is C9H15N3O7. The molecule has 108 valence electrons. The van der Waals surface area contributed by atoms with E-state index in [4.69, 9.17) is 21.1 Å². The van der Waals surface area contributed by atoms with Crippen LogP contribution >= 0.6 is 0 Å². The lowest BCUT2D eigenvalue weighted by Gasteiger charge is -2.15. The summed E-state index contributed by atoms with van der Waals surface area (Å²) in [7, 11) is 0. The third-order valence-electron chi connectivity index (χ3n) is 2.05. The zero-order valence-electron chi connectivity index (χ0n) is 9.83. The molecule has 10 nitrogen and oxygen atoms in total. The molecule has 0 aliphatic rings. The Kier molecular flexibility index (Phi) is 6.89. The maximum absolute atomic E-state index is 11.2. The molecule has 0 radical (unpaired) electrons. The van der Waals surface area contributed by atoms with Gasteiger partial charge in [0.1, 0.15) is 12.1 Å². The van der Waals surface area contributed by atoms with Gasteiger partial charge in [0.15, 0.2) is 0 Å². The number of hydrogen-bond donors (Lipinski definition) is 6. The normalized spacial score (nSPS) is 13.1. The van der Waals surface area contributed by atoms with Gasteiger partial charge < -0.3 is 31.7 Å². The lowest BCUT2D eigenvalue weighted by Crippen LogP contribution is -2.50. The quantitative estimate of drug-likeness (QED) is 0.295. The Morgan fingerprint density at radius 3 is 2.05 bits per heavy atom. The summed E-state index contributed by atoms with van der Waals surface area (Å²) in [4.78, 5) is 42.7. The van der Waals surface area contributed by atoms with Gasteiger partial charge in [0.2, 0.25) is 0 Å². The van der Waals surface area contributed by atoms with Crippen molar-refractivity contribution in [3.8, 4) is 0 Å². The molecule has 10 heteroatoms. The molecule has 0 rings (SSSR count). The molecule has 2 amide bonds. The van der Waals surface area contributed by atoms with Gasteiger partial charge in [-0.1, -0.05) is 0 Å². The average Bonchev–Trinajstić information content (AvgIpc) is 2.30. The highest BCUT2D eigenvalue weighted by atomic mass is 16.4. The van der Waals surface area contributed by atoms with E-state index in [1.165, 1.54) is 0 Å². The van der Waals surface area contributed by atoms with Crippen molar-refractivity contribution < 1.29 is 34.5 Å². The molecule has 0 spiro atoms. The van der Waals surface area contributed by atoms with Crippen molar-refractivity contribution in [3.05, 3.63) is 0 Å². The molecule has 0 heterocycles. The van der Waals surface area contributed by atoms with E-state index in [1.807, 2.05) is 5.32 Å². The number of hydrogen-bond acceptors (Lipinski definition) is 5. The largest absolute Gasteiger partial charge is 0.481 e. The summed E-state index contributed by atoms with van der Waals surface area (Å²) in [6.45, 7) is -0.383. The van der Waals surface area contributed by atoms with Crippen molar-refractivity contribution in [1.29, 1.82) is 0 Å². The Balaban J connectivity index is 4.20. The molecule has 0 saturated heterocycles. The van der Waals surface area contributed by atoms with Gasteiger partial charge in [0, 0.05) is 13.0 Å². The molecule has 0 fully saturated rings. The maximum atomic E-state index is 11.2. The van der Waals surface area contributed by atoms with E-state index >= 15 is 0 Å². The summed E-state index contributed by atoms with van der Waals surface area (Å²) in [5, 5.41) is 29.7. The fourth-order valence-corrected chi connectivity index (χ4v) is 1.02. The van der Waals surface area contributed by atoms with Crippen molar-refractivity contribution in [1.82, 2.24) is 10.6 Å². The van der Waals surface area contributed by atoms with Crippen LogP contribution in [-0.2, 0) is 14.4 Å². The number of nitrogens with one attached hydrogen (secondary N) is 2. The minimum atomic E-state index is -1.39. The number of rotatable bonds is 8. The molecule has 7 N–H and O–H groups in total. The number of carbonyl (C=O) groups excluding carboxylic acids is 1. The third-order valence-corrected chi connectivity index (χ3v) is 2.05. The topological polar surface area (TPSA) is 179 Å². The first-order valence-corrected chi connectivity index (χ1v) is 5.21. The molecule has 0 aromatic heterocycles. The minimum absolute atomic E-state index is 0.289. The van der Waals surface area contributed by atoms with Gasteiger partial charge in [-0.3, -0.25) is 9.59 Å². The number of aliphatic carboxylic acids is 3. The van der Waals surface area contributed by atoms with Crippen molar-refractivity contribution in [2.45, 2.75) is 24.9 Å². The van der Waals surface area contributed by atoms with Crippen LogP contribution in [0.2, 0.25) is 0 Å². The Morgan fingerprint density at radius 1 is 1.05 bits per heavy atom. The van der Waals surface area contributed by atoms with E-state index in [2.05, 4.69) is 5.32 Å². The van der Waals surface area contributed by atoms with Crippen LogP contribution in [0, 0.1) is 0 Å².